The number of halogens is 3. The molecule has 1 aliphatic rings. The normalized spacial score (nSPS) is 20.3. The van der Waals surface area contributed by atoms with Crippen LogP contribution in [-0.4, -0.2) is 19.8 Å². The summed E-state index contributed by atoms with van der Waals surface area (Å²) in [6.45, 7) is 2.32. The van der Waals surface area contributed by atoms with Crippen LogP contribution in [0.4, 0.5) is 13.2 Å². The molecule has 1 aliphatic heterocycles. The predicted octanol–water partition coefficient (Wildman–Crippen LogP) is 5.59. The Kier molecular flexibility index (Phi) is 5.99. The van der Waals surface area contributed by atoms with Crippen LogP contribution < -0.4 is 0 Å². The van der Waals surface area contributed by atoms with E-state index in [1.54, 1.807) is 19.2 Å². The molecular weight excluding hydrogens is 341 g/mol. The number of benzene rings is 2. The third-order valence-electron chi connectivity index (χ3n) is 4.91. The van der Waals surface area contributed by atoms with Gasteiger partial charge in [0.25, 0.3) is 0 Å². The van der Waals surface area contributed by atoms with Gasteiger partial charge in [-0.05, 0) is 36.5 Å². The van der Waals surface area contributed by atoms with Crippen molar-refractivity contribution in [1.29, 1.82) is 0 Å². The van der Waals surface area contributed by atoms with Crippen molar-refractivity contribution in [1.82, 2.24) is 0 Å². The molecule has 2 unspecified atom stereocenters. The molecule has 1 fully saturated rings. The smallest absolute Gasteiger partial charge is 0.167 e. The van der Waals surface area contributed by atoms with Gasteiger partial charge < -0.3 is 9.47 Å². The van der Waals surface area contributed by atoms with Crippen LogP contribution in [0.5, 0.6) is 0 Å². The molecule has 2 nitrogen and oxygen atoms in total. The van der Waals surface area contributed by atoms with Crippen LogP contribution in [0.1, 0.15) is 43.4 Å². The highest BCUT2D eigenvalue weighted by Gasteiger charge is 2.27. The molecule has 1 heterocycles. The van der Waals surface area contributed by atoms with Gasteiger partial charge in [0.1, 0.15) is 5.82 Å². The fourth-order valence-electron chi connectivity index (χ4n) is 3.38. The topological polar surface area (TPSA) is 18.5 Å². The van der Waals surface area contributed by atoms with Crippen LogP contribution in [-0.2, 0) is 15.9 Å². The van der Waals surface area contributed by atoms with E-state index in [2.05, 4.69) is 0 Å². The van der Waals surface area contributed by atoms with E-state index in [-0.39, 0.29) is 17.2 Å². The van der Waals surface area contributed by atoms with Gasteiger partial charge in [-0.3, -0.25) is 0 Å². The molecule has 2 aromatic rings. The van der Waals surface area contributed by atoms with Gasteiger partial charge in [-0.15, -0.1) is 0 Å². The van der Waals surface area contributed by atoms with Crippen LogP contribution in [0.3, 0.4) is 0 Å². The predicted molar refractivity (Wildman–Crippen MR) is 94.5 cm³/mol. The lowest BCUT2D eigenvalue weighted by molar-refractivity contribution is -0.0736. The molecule has 2 aromatic carbocycles. The zero-order valence-corrected chi connectivity index (χ0v) is 15.0. The second kappa shape index (κ2) is 8.23. The van der Waals surface area contributed by atoms with Gasteiger partial charge in [0.2, 0.25) is 0 Å². The summed E-state index contributed by atoms with van der Waals surface area (Å²) in [7, 11) is 1.61. The summed E-state index contributed by atoms with van der Waals surface area (Å²) in [6.07, 6.45) is 2.22. The molecular formula is C21H23F3O2. The Morgan fingerprint density at radius 1 is 1.08 bits per heavy atom. The summed E-state index contributed by atoms with van der Waals surface area (Å²) >= 11 is 0. The number of ether oxygens (including phenoxy) is 2. The minimum atomic E-state index is -0.970. The van der Waals surface area contributed by atoms with E-state index in [0.29, 0.717) is 30.6 Å². The Morgan fingerprint density at radius 3 is 2.50 bits per heavy atom. The molecule has 0 spiro atoms. The van der Waals surface area contributed by atoms with E-state index >= 15 is 0 Å². The lowest BCUT2D eigenvalue weighted by atomic mass is 9.95. The lowest BCUT2D eigenvalue weighted by Gasteiger charge is -2.28. The minimum absolute atomic E-state index is 0.0111. The molecule has 5 heteroatoms. The van der Waals surface area contributed by atoms with Crippen molar-refractivity contribution in [3.05, 3.63) is 58.9 Å². The Bertz CT molecular complexity index is 768. The van der Waals surface area contributed by atoms with Crippen LogP contribution in [0.25, 0.3) is 11.1 Å². The summed E-state index contributed by atoms with van der Waals surface area (Å²) in [5, 5.41) is 0. The second-order valence-electron chi connectivity index (χ2n) is 6.64. The molecule has 140 valence electrons. The molecule has 0 aliphatic carbocycles. The highest BCUT2D eigenvalue weighted by atomic mass is 19.2. The standard InChI is InChI=1S/C21H23F3O2/c1-3-4-13-5-6-14(11-18(13)22)16-8-9-17(21(24)20(16)23)19-10-7-15(25-2)12-26-19/h5-6,8-9,11,15,19H,3-4,7,10,12H2,1-2H3. The quantitative estimate of drug-likeness (QED) is 0.688. The van der Waals surface area contributed by atoms with E-state index in [4.69, 9.17) is 9.47 Å². The highest BCUT2D eigenvalue weighted by Crippen LogP contribution is 2.35. The summed E-state index contributed by atoms with van der Waals surface area (Å²) in [6, 6.07) is 7.56. The number of rotatable bonds is 5. The first kappa shape index (κ1) is 18.9. The lowest BCUT2D eigenvalue weighted by Crippen LogP contribution is -2.27. The maximum absolute atomic E-state index is 14.6. The number of aryl methyl sites for hydroxylation is 1. The van der Waals surface area contributed by atoms with Gasteiger partial charge in [-0.2, -0.15) is 0 Å². The Labute approximate surface area is 151 Å². The second-order valence-corrected chi connectivity index (χ2v) is 6.64. The average molecular weight is 364 g/mol. The Balaban J connectivity index is 1.87. The Morgan fingerprint density at radius 2 is 1.88 bits per heavy atom. The van der Waals surface area contributed by atoms with Crippen molar-refractivity contribution >= 4 is 0 Å². The SMILES string of the molecule is CCCc1ccc(-c2ccc(C3CCC(OC)CO3)c(F)c2F)cc1F. The van der Waals surface area contributed by atoms with E-state index in [9.17, 15) is 13.2 Å². The Hall–Kier alpha value is -1.85. The average Bonchev–Trinajstić information content (AvgIpc) is 2.66. The van der Waals surface area contributed by atoms with Crippen LogP contribution in [0.15, 0.2) is 30.3 Å². The van der Waals surface area contributed by atoms with Gasteiger partial charge in [0.05, 0.1) is 18.8 Å². The fourth-order valence-corrected chi connectivity index (χ4v) is 3.38. The summed E-state index contributed by atoms with van der Waals surface area (Å²) < 4.78 is 54.3. The van der Waals surface area contributed by atoms with Gasteiger partial charge in [-0.25, -0.2) is 13.2 Å². The molecule has 0 bridgehead atoms. The fraction of sp³-hybridized carbons (Fsp3) is 0.429. The van der Waals surface area contributed by atoms with Crippen molar-refractivity contribution in [2.75, 3.05) is 13.7 Å². The summed E-state index contributed by atoms with van der Waals surface area (Å²) in [4.78, 5) is 0. The van der Waals surface area contributed by atoms with Crippen molar-refractivity contribution in [2.45, 2.75) is 44.8 Å². The van der Waals surface area contributed by atoms with E-state index in [1.165, 1.54) is 18.2 Å². The maximum Gasteiger partial charge on any atom is 0.167 e. The van der Waals surface area contributed by atoms with E-state index in [0.717, 1.165) is 12.8 Å². The largest absolute Gasteiger partial charge is 0.379 e. The van der Waals surface area contributed by atoms with E-state index < -0.39 is 23.6 Å². The molecule has 1 saturated heterocycles. The molecule has 0 radical (unpaired) electrons. The van der Waals surface area contributed by atoms with E-state index in [1.807, 2.05) is 6.92 Å². The number of hydrogen-bond donors (Lipinski definition) is 0. The first-order valence-electron chi connectivity index (χ1n) is 8.96. The molecule has 0 saturated carbocycles. The third-order valence-corrected chi connectivity index (χ3v) is 4.91. The first-order valence-corrected chi connectivity index (χ1v) is 8.96. The van der Waals surface area contributed by atoms with Crippen LogP contribution >= 0.6 is 0 Å². The number of methoxy groups -OCH3 is 1. The summed E-state index contributed by atoms with van der Waals surface area (Å²) in [5.74, 6) is -2.29. The van der Waals surface area contributed by atoms with Crippen molar-refractivity contribution in [2.24, 2.45) is 0 Å². The van der Waals surface area contributed by atoms with Gasteiger partial charge in [0.15, 0.2) is 11.6 Å². The molecule has 2 atom stereocenters. The van der Waals surface area contributed by atoms with Gasteiger partial charge >= 0.3 is 0 Å². The molecule has 3 rings (SSSR count). The monoisotopic (exact) mass is 364 g/mol. The summed E-state index contributed by atoms with van der Waals surface area (Å²) in [5.41, 5.74) is 1.16. The maximum atomic E-state index is 14.6. The zero-order chi connectivity index (χ0) is 18.7. The molecule has 0 amide bonds. The van der Waals surface area contributed by atoms with Crippen molar-refractivity contribution in [3.63, 3.8) is 0 Å². The minimum Gasteiger partial charge on any atom is -0.379 e. The third kappa shape index (κ3) is 3.79. The van der Waals surface area contributed by atoms with Gasteiger partial charge in [-0.1, -0.05) is 37.6 Å². The molecule has 26 heavy (non-hydrogen) atoms. The van der Waals surface area contributed by atoms with Crippen molar-refractivity contribution in [3.8, 4) is 11.1 Å². The first-order chi connectivity index (χ1) is 12.5. The number of hydrogen-bond acceptors (Lipinski definition) is 2. The molecule has 0 N–H and O–H groups in total. The van der Waals surface area contributed by atoms with Crippen LogP contribution in [0, 0.1) is 17.5 Å². The van der Waals surface area contributed by atoms with Crippen molar-refractivity contribution < 1.29 is 22.6 Å². The van der Waals surface area contributed by atoms with Crippen LogP contribution in [0.2, 0.25) is 0 Å². The van der Waals surface area contributed by atoms with Gasteiger partial charge in [0, 0.05) is 18.2 Å². The molecule has 0 aromatic heterocycles. The zero-order valence-electron chi connectivity index (χ0n) is 15.0. The highest BCUT2D eigenvalue weighted by molar-refractivity contribution is 5.65.